The summed E-state index contributed by atoms with van der Waals surface area (Å²) in [7, 11) is 0. The number of hydrogen-bond acceptors (Lipinski definition) is 4. The number of anilines is 1. The van der Waals surface area contributed by atoms with Gasteiger partial charge in [-0.1, -0.05) is 72.9 Å². The van der Waals surface area contributed by atoms with Crippen LogP contribution in [0.3, 0.4) is 0 Å². The molecule has 0 radical (unpaired) electrons. The van der Waals surface area contributed by atoms with E-state index in [1.54, 1.807) is 23.1 Å². The Morgan fingerprint density at radius 1 is 0.967 bits per heavy atom. The number of para-hydroxylation sites is 1. The molecule has 0 bridgehead atoms. The lowest BCUT2D eigenvalue weighted by atomic mass is 10.1. The van der Waals surface area contributed by atoms with Gasteiger partial charge in [-0.15, -0.1) is 11.8 Å². The zero-order chi connectivity index (χ0) is 20.9. The minimum absolute atomic E-state index is 0.0628. The average Bonchev–Trinajstić information content (AvgIpc) is 3.22. The molecule has 0 saturated carbocycles. The van der Waals surface area contributed by atoms with Crippen molar-refractivity contribution in [2.75, 3.05) is 11.2 Å². The van der Waals surface area contributed by atoms with Crippen LogP contribution in [0, 0.1) is 0 Å². The molecule has 1 aromatic heterocycles. The van der Waals surface area contributed by atoms with Crippen molar-refractivity contribution in [3.8, 4) is 0 Å². The van der Waals surface area contributed by atoms with Crippen LogP contribution in [0.5, 0.6) is 0 Å². The van der Waals surface area contributed by atoms with Gasteiger partial charge < -0.3 is 0 Å². The molecule has 0 spiro atoms. The molecule has 3 nitrogen and oxygen atoms in total. The first-order valence-corrected chi connectivity index (χ1v) is 12.1. The molecule has 30 heavy (non-hydrogen) atoms. The SMILES string of the molecule is CCc1cccc2sc(N(Cc3ccccc3)C(=O)Cc3ccc(SC)cc3)nc12. The molecule has 0 aliphatic heterocycles. The van der Waals surface area contributed by atoms with E-state index in [2.05, 4.69) is 55.6 Å². The normalized spacial score (nSPS) is 11.0. The summed E-state index contributed by atoms with van der Waals surface area (Å²) in [6.07, 6.45) is 3.34. The zero-order valence-corrected chi connectivity index (χ0v) is 18.8. The third kappa shape index (κ3) is 4.58. The highest BCUT2D eigenvalue weighted by Gasteiger charge is 2.21. The summed E-state index contributed by atoms with van der Waals surface area (Å²) in [5.41, 5.74) is 4.34. The molecule has 0 fully saturated rings. The smallest absolute Gasteiger partial charge is 0.233 e. The van der Waals surface area contributed by atoms with E-state index in [1.165, 1.54) is 10.5 Å². The van der Waals surface area contributed by atoms with Crippen LogP contribution in [0.2, 0.25) is 0 Å². The summed E-state index contributed by atoms with van der Waals surface area (Å²) in [5.74, 6) is 0.0628. The van der Waals surface area contributed by atoms with Crippen LogP contribution in [-0.2, 0) is 24.2 Å². The molecule has 152 valence electrons. The predicted octanol–water partition coefficient (Wildman–Crippen LogP) is 6.36. The van der Waals surface area contributed by atoms with Gasteiger partial charge in [0, 0.05) is 4.90 Å². The van der Waals surface area contributed by atoms with E-state index in [9.17, 15) is 4.79 Å². The van der Waals surface area contributed by atoms with Crippen molar-refractivity contribution in [1.82, 2.24) is 4.98 Å². The van der Waals surface area contributed by atoms with Gasteiger partial charge in [0.25, 0.3) is 0 Å². The Balaban J connectivity index is 1.67. The summed E-state index contributed by atoms with van der Waals surface area (Å²) in [4.78, 5) is 21.3. The second kappa shape index (κ2) is 9.45. The first-order valence-electron chi connectivity index (χ1n) is 10.0. The van der Waals surface area contributed by atoms with Gasteiger partial charge >= 0.3 is 0 Å². The number of carbonyl (C=O) groups excluding carboxylic acids is 1. The van der Waals surface area contributed by atoms with Crippen LogP contribution in [0.4, 0.5) is 5.13 Å². The van der Waals surface area contributed by atoms with Gasteiger partial charge in [-0.25, -0.2) is 4.98 Å². The van der Waals surface area contributed by atoms with Crippen LogP contribution < -0.4 is 4.90 Å². The third-order valence-corrected chi connectivity index (χ3v) is 6.89. The van der Waals surface area contributed by atoms with Crippen molar-refractivity contribution in [2.45, 2.75) is 31.2 Å². The Morgan fingerprint density at radius 2 is 1.73 bits per heavy atom. The molecule has 1 amide bonds. The number of hydrogen-bond donors (Lipinski definition) is 0. The standard InChI is InChI=1S/C25H24N2OS2/c1-3-20-10-7-11-22-24(20)26-25(30-22)27(17-19-8-5-4-6-9-19)23(28)16-18-12-14-21(29-2)15-13-18/h4-15H,3,16-17H2,1-2H3. The van der Waals surface area contributed by atoms with Crippen LogP contribution in [0.25, 0.3) is 10.2 Å². The molecule has 0 saturated heterocycles. The summed E-state index contributed by atoms with van der Waals surface area (Å²) in [6, 6.07) is 24.6. The molecule has 4 aromatic rings. The minimum atomic E-state index is 0.0628. The maximum Gasteiger partial charge on any atom is 0.233 e. The second-order valence-corrected chi connectivity index (χ2v) is 8.99. The Hall–Kier alpha value is -2.63. The Kier molecular flexibility index (Phi) is 6.50. The lowest BCUT2D eigenvalue weighted by Gasteiger charge is -2.20. The van der Waals surface area contributed by atoms with Crippen molar-refractivity contribution < 1.29 is 4.79 Å². The molecular weight excluding hydrogens is 408 g/mol. The number of amides is 1. The second-order valence-electron chi connectivity index (χ2n) is 7.10. The van der Waals surface area contributed by atoms with Crippen LogP contribution in [-0.4, -0.2) is 17.1 Å². The molecule has 0 N–H and O–H groups in total. The highest BCUT2D eigenvalue weighted by Crippen LogP contribution is 2.32. The lowest BCUT2D eigenvalue weighted by molar-refractivity contribution is -0.118. The van der Waals surface area contributed by atoms with E-state index in [0.29, 0.717) is 13.0 Å². The van der Waals surface area contributed by atoms with Gasteiger partial charge in [0.15, 0.2) is 5.13 Å². The van der Waals surface area contributed by atoms with Crippen molar-refractivity contribution >= 4 is 44.4 Å². The van der Waals surface area contributed by atoms with Crippen molar-refractivity contribution in [3.63, 3.8) is 0 Å². The third-order valence-electron chi connectivity index (χ3n) is 5.10. The summed E-state index contributed by atoms with van der Waals surface area (Å²) < 4.78 is 1.12. The van der Waals surface area contributed by atoms with E-state index < -0.39 is 0 Å². The van der Waals surface area contributed by atoms with Crippen molar-refractivity contribution in [1.29, 1.82) is 0 Å². The number of aromatic nitrogens is 1. The monoisotopic (exact) mass is 432 g/mol. The largest absolute Gasteiger partial charge is 0.283 e. The number of thiazole rings is 1. The van der Waals surface area contributed by atoms with E-state index in [-0.39, 0.29) is 5.91 Å². The molecule has 5 heteroatoms. The van der Waals surface area contributed by atoms with Gasteiger partial charge in [-0.05, 0) is 47.6 Å². The maximum absolute atomic E-state index is 13.4. The fraction of sp³-hybridized carbons (Fsp3) is 0.200. The van der Waals surface area contributed by atoms with Crippen LogP contribution in [0.1, 0.15) is 23.6 Å². The lowest BCUT2D eigenvalue weighted by Crippen LogP contribution is -2.31. The molecule has 0 aliphatic rings. The first kappa shape index (κ1) is 20.6. The number of aryl methyl sites for hydroxylation is 1. The van der Waals surface area contributed by atoms with Crippen molar-refractivity contribution in [3.05, 3.63) is 89.5 Å². The van der Waals surface area contributed by atoms with Gasteiger partial charge in [-0.3, -0.25) is 9.69 Å². The topological polar surface area (TPSA) is 33.2 Å². The number of nitrogens with zero attached hydrogens (tertiary/aromatic N) is 2. The summed E-state index contributed by atoms with van der Waals surface area (Å²) >= 11 is 3.29. The first-order chi connectivity index (χ1) is 14.7. The molecule has 0 unspecified atom stereocenters. The highest BCUT2D eigenvalue weighted by atomic mass is 32.2. The Morgan fingerprint density at radius 3 is 2.43 bits per heavy atom. The van der Waals surface area contributed by atoms with E-state index in [0.717, 1.165) is 32.9 Å². The molecule has 1 heterocycles. The number of thioether (sulfide) groups is 1. The number of benzene rings is 3. The van der Waals surface area contributed by atoms with Crippen LogP contribution >= 0.6 is 23.1 Å². The fourth-order valence-corrected chi connectivity index (χ4v) is 4.87. The Bertz CT molecular complexity index is 1140. The quantitative estimate of drug-likeness (QED) is 0.319. The van der Waals surface area contributed by atoms with Crippen molar-refractivity contribution in [2.24, 2.45) is 0 Å². The van der Waals surface area contributed by atoms with Gasteiger partial charge in [-0.2, -0.15) is 0 Å². The number of rotatable bonds is 7. The van der Waals surface area contributed by atoms with E-state index >= 15 is 0 Å². The number of fused-ring (bicyclic) bond motifs is 1. The van der Waals surface area contributed by atoms with E-state index in [1.807, 2.05) is 35.2 Å². The summed E-state index contributed by atoms with van der Waals surface area (Å²) in [6.45, 7) is 2.66. The summed E-state index contributed by atoms with van der Waals surface area (Å²) in [5, 5.41) is 0.764. The predicted molar refractivity (Wildman–Crippen MR) is 129 cm³/mol. The molecule has 0 aliphatic carbocycles. The van der Waals surface area contributed by atoms with Gasteiger partial charge in [0.05, 0.1) is 23.2 Å². The average molecular weight is 433 g/mol. The maximum atomic E-state index is 13.4. The molecule has 3 aromatic carbocycles. The number of carbonyl (C=O) groups is 1. The van der Waals surface area contributed by atoms with Gasteiger partial charge in [0.1, 0.15) is 0 Å². The molecule has 0 atom stereocenters. The van der Waals surface area contributed by atoms with Crippen LogP contribution in [0.15, 0.2) is 77.7 Å². The highest BCUT2D eigenvalue weighted by molar-refractivity contribution is 7.98. The minimum Gasteiger partial charge on any atom is -0.283 e. The zero-order valence-electron chi connectivity index (χ0n) is 17.2. The molecule has 4 rings (SSSR count). The van der Waals surface area contributed by atoms with Gasteiger partial charge in [0.2, 0.25) is 5.91 Å². The van der Waals surface area contributed by atoms with E-state index in [4.69, 9.17) is 4.98 Å². The fourth-order valence-electron chi connectivity index (χ4n) is 3.44. The molecular formula is C25H24N2OS2. The Labute approximate surface area is 185 Å².